The van der Waals surface area contributed by atoms with Crippen molar-refractivity contribution < 1.29 is 13.2 Å². The second-order valence-corrected chi connectivity index (χ2v) is 18.7. The van der Waals surface area contributed by atoms with E-state index in [4.69, 9.17) is 0 Å². The van der Waals surface area contributed by atoms with Gasteiger partial charge in [0.05, 0.1) is 0 Å². The summed E-state index contributed by atoms with van der Waals surface area (Å²) in [6.45, 7) is 17.2. The minimum atomic E-state index is -4.49. The molecule has 2 nitrogen and oxygen atoms in total. The highest BCUT2D eigenvalue weighted by atomic mass is 32.2. The SMILES string of the molecule is Cc1ccc2c3c(ccc2c1)B1c2ccc4cc(C)ccc4c2N(c2ccccc2C(C)(C)C)c2cc(SC(F)(F)F)cc(c21)N3c1ccccc1C(C)(C)C. The van der Waals surface area contributed by atoms with Crippen molar-refractivity contribution in [2.24, 2.45) is 0 Å². The molecule has 0 bridgehead atoms. The lowest BCUT2D eigenvalue weighted by Crippen LogP contribution is -2.61. The molecule has 0 saturated carbocycles. The molecule has 0 N–H and O–H groups in total. The van der Waals surface area contributed by atoms with Crippen LogP contribution in [-0.4, -0.2) is 12.2 Å². The normalized spacial score (nSPS) is 13.9. The molecule has 56 heavy (non-hydrogen) atoms. The van der Waals surface area contributed by atoms with Gasteiger partial charge in [-0.25, -0.2) is 0 Å². The van der Waals surface area contributed by atoms with Gasteiger partial charge in [-0.3, -0.25) is 0 Å². The number of para-hydroxylation sites is 2. The van der Waals surface area contributed by atoms with Gasteiger partial charge in [-0.2, -0.15) is 13.2 Å². The fourth-order valence-electron chi connectivity index (χ4n) is 9.15. The van der Waals surface area contributed by atoms with Crippen molar-refractivity contribution in [3.63, 3.8) is 0 Å². The standard InChI is InChI=1S/C49H44BF3N2S/c1-29-17-21-34-31(25-29)19-23-38-45(34)54(40-15-11-9-13-36(40)47(3,4)5)42-27-33(56-49(51,52)53)28-43-44(42)50(38)39-24-20-32-26-30(2)18-22-35(32)46(39)55(43)41-16-12-10-14-37(41)48(6,7)8/h9-28H,1-8H3. The molecule has 2 aliphatic heterocycles. The number of hydrogen-bond acceptors (Lipinski definition) is 3. The second kappa shape index (κ2) is 12.7. The number of fused-ring (bicyclic) bond motifs is 8. The van der Waals surface area contributed by atoms with E-state index in [1.807, 2.05) is 12.1 Å². The molecular formula is C49H44BF3N2S. The third-order valence-corrected chi connectivity index (χ3v) is 12.1. The van der Waals surface area contributed by atoms with E-state index in [0.29, 0.717) is 0 Å². The Morgan fingerprint density at radius 1 is 0.500 bits per heavy atom. The fraction of sp³-hybridized carbons (Fsp3) is 0.224. The van der Waals surface area contributed by atoms with Gasteiger partial charge in [0.2, 0.25) is 0 Å². The molecular weight excluding hydrogens is 716 g/mol. The largest absolute Gasteiger partial charge is 0.446 e. The van der Waals surface area contributed by atoms with Crippen LogP contribution in [-0.2, 0) is 10.8 Å². The number of hydrogen-bond donors (Lipinski definition) is 0. The van der Waals surface area contributed by atoms with Gasteiger partial charge in [-0.05, 0) is 99.0 Å². The van der Waals surface area contributed by atoms with Crippen LogP contribution in [0.5, 0.6) is 0 Å². The van der Waals surface area contributed by atoms with Crippen molar-refractivity contribution in [3.8, 4) is 0 Å². The molecule has 0 aliphatic carbocycles. The average Bonchev–Trinajstić information content (AvgIpc) is 3.12. The number of rotatable bonds is 3. The maximum Gasteiger partial charge on any atom is 0.446 e. The Hall–Kier alpha value is -5.14. The Kier molecular flexibility index (Phi) is 8.27. The van der Waals surface area contributed by atoms with Gasteiger partial charge in [0.25, 0.3) is 6.71 Å². The second-order valence-electron chi connectivity index (χ2n) is 17.5. The first kappa shape index (κ1) is 36.5. The minimum Gasteiger partial charge on any atom is -0.310 e. The average molecular weight is 761 g/mol. The van der Waals surface area contributed by atoms with Crippen molar-refractivity contribution in [3.05, 3.63) is 144 Å². The van der Waals surface area contributed by atoms with Crippen molar-refractivity contribution >= 4 is 90.5 Å². The van der Waals surface area contributed by atoms with Gasteiger partial charge in [0.1, 0.15) is 0 Å². The van der Waals surface area contributed by atoms with Crippen LogP contribution >= 0.6 is 11.8 Å². The molecule has 0 amide bonds. The van der Waals surface area contributed by atoms with E-state index in [1.54, 1.807) is 12.1 Å². The Balaban J connectivity index is 1.50. The lowest BCUT2D eigenvalue weighted by Gasteiger charge is -2.46. The Bertz CT molecular complexity index is 2560. The molecule has 0 atom stereocenters. The van der Waals surface area contributed by atoms with Crippen LogP contribution < -0.4 is 26.2 Å². The molecule has 2 aliphatic rings. The maximum absolute atomic E-state index is 14.7. The van der Waals surface area contributed by atoms with Crippen LogP contribution in [0.1, 0.15) is 63.8 Å². The third kappa shape index (κ3) is 5.89. The molecule has 0 radical (unpaired) electrons. The summed E-state index contributed by atoms with van der Waals surface area (Å²) in [5.74, 6) is 0. The molecule has 0 spiro atoms. The highest BCUT2D eigenvalue weighted by Gasteiger charge is 2.46. The molecule has 9 rings (SSSR count). The summed E-state index contributed by atoms with van der Waals surface area (Å²) in [5, 5.41) is 4.32. The van der Waals surface area contributed by atoms with E-state index in [1.165, 1.54) is 0 Å². The number of anilines is 6. The molecule has 280 valence electrons. The van der Waals surface area contributed by atoms with E-state index >= 15 is 0 Å². The predicted molar refractivity (Wildman–Crippen MR) is 234 cm³/mol. The van der Waals surface area contributed by atoms with E-state index in [0.717, 1.165) is 94.3 Å². The lowest BCUT2D eigenvalue weighted by molar-refractivity contribution is -0.0328. The van der Waals surface area contributed by atoms with Crippen molar-refractivity contribution in [1.29, 1.82) is 0 Å². The number of aryl methyl sites for hydroxylation is 2. The highest BCUT2D eigenvalue weighted by Crippen LogP contribution is 2.52. The fourth-order valence-corrected chi connectivity index (χ4v) is 9.75. The van der Waals surface area contributed by atoms with Gasteiger partial charge in [0.15, 0.2) is 0 Å². The van der Waals surface area contributed by atoms with Crippen molar-refractivity contribution in [2.75, 3.05) is 9.80 Å². The first-order valence-corrected chi connectivity index (χ1v) is 20.1. The molecule has 7 aromatic carbocycles. The van der Waals surface area contributed by atoms with Crippen molar-refractivity contribution in [2.45, 2.75) is 76.6 Å². The van der Waals surface area contributed by atoms with E-state index in [9.17, 15) is 13.2 Å². The first-order chi connectivity index (χ1) is 26.5. The van der Waals surface area contributed by atoms with Gasteiger partial charge in [-0.1, -0.05) is 150 Å². The highest BCUT2D eigenvalue weighted by molar-refractivity contribution is 8.00. The van der Waals surface area contributed by atoms with Crippen LogP contribution in [0.4, 0.5) is 47.3 Å². The summed E-state index contributed by atoms with van der Waals surface area (Å²) in [6, 6.07) is 42.4. The summed E-state index contributed by atoms with van der Waals surface area (Å²) in [6.07, 6.45) is 0. The van der Waals surface area contributed by atoms with Gasteiger partial charge in [-0.15, -0.1) is 0 Å². The lowest BCUT2D eigenvalue weighted by atomic mass is 9.33. The topological polar surface area (TPSA) is 6.48 Å². The minimum absolute atomic E-state index is 0.0372. The van der Waals surface area contributed by atoms with E-state index < -0.39 is 5.51 Å². The van der Waals surface area contributed by atoms with Crippen LogP contribution in [0, 0.1) is 13.8 Å². The number of halogens is 3. The summed E-state index contributed by atoms with van der Waals surface area (Å²) < 4.78 is 44.1. The van der Waals surface area contributed by atoms with Gasteiger partial charge in [0, 0.05) is 49.8 Å². The van der Waals surface area contributed by atoms with Crippen LogP contribution in [0.25, 0.3) is 21.5 Å². The van der Waals surface area contributed by atoms with Crippen LogP contribution in [0.15, 0.2) is 126 Å². The van der Waals surface area contributed by atoms with E-state index in [2.05, 4.69) is 162 Å². The summed E-state index contributed by atoms with van der Waals surface area (Å²) in [5.41, 5.74) is 8.28. The number of alkyl halides is 3. The number of nitrogens with zero attached hydrogens (tertiary/aromatic N) is 2. The maximum atomic E-state index is 14.7. The molecule has 7 heteroatoms. The number of benzene rings is 7. The number of thioether (sulfide) groups is 1. The third-order valence-electron chi connectivity index (χ3n) is 11.4. The molecule has 7 aromatic rings. The summed E-state index contributed by atoms with van der Waals surface area (Å²) >= 11 is -0.0372. The molecule has 0 aromatic heterocycles. The van der Waals surface area contributed by atoms with Gasteiger partial charge >= 0.3 is 5.51 Å². The smallest absolute Gasteiger partial charge is 0.310 e. The monoisotopic (exact) mass is 760 g/mol. The Morgan fingerprint density at radius 3 is 1.34 bits per heavy atom. The molecule has 0 fully saturated rings. The zero-order valence-corrected chi connectivity index (χ0v) is 33.9. The summed E-state index contributed by atoms with van der Waals surface area (Å²) in [4.78, 5) is 4.72. The Labute approximate surface area is 332 Å². The van der Waals surface area contributed by atoms with Gasteiger partial charge < -0.3 is 9.80 Å². The zero-order valence-electron chi connectivity index (χ0n) is 33.1. The quantitative estimate of drug-likeness (QED) is 0.131. The molecule has 2 heterocycles. The first-order valence-electron chi connectivity index (χ1n) is 19.3. The van der Waals surface area contributed by atoms with E-state index in [-0.39, 0.29) is 34.2 Å². The van der Waals surface area contributed by atoms with Crippen LogP contribution in [0.2, 0.25) is 0 Å². The zero-order chi connectivity index (χ0) is 39.5. The molecule has 0 unspecified atom stereocenters. The predicted octanol–water partition coefficient (Wildman–Crippen LogP) is 12.9. The Morgan fingerprint density at radius 2 is 0.929 bits per heavy atom. The molecule has 0 saturated heterocycles. The van der Waals surface area contributed by atoms with Crippen molar-refractivity contribution in [1.82, 2.24) is 0 Å². The van der Waals surface area contributed by atoms with Crippen LogP contribution in [0.3, 0.4) is 0 Å². The summed E-state index contributed by atoms with van der Waals surface area (Å²) in [7, 11) is 0.